The molecule has 148 valence electrons. The van der Waals surface area contributed by atoms with Gasteiger partial charge in [-0.05, 0) is 31.2 Å². The number of para-hydroxylation sites is 1. The summed E-state index contributed by atoms with van der Waals surface area (Å²) in [7, 11) is 2.91. The molecule has 9 heteroatoms. The minimum Gasteiger partial charge on any atom is -0.497 e. The lowest BCUT2D eigenvalue weighted by Gasteiger charge is -2.15. The molecule has 0 aliphatic rings. The van der Waals surface area contributed by atoms with Gasteiger partial charge in [0.15, 0.2) is 6.10 Å². The first-order valence-electron chi connectivity index (χ1n) is 8.29. The van der Waals surface area contributed by atoms with Crippen LogP contribution in [0.1, 0.15) is 6.92 Å². The zero-order valence-electron chi connectivity index (χ0n) is 15.6. The molecule has 2 rings (SSSR count). The standard InChI is InChI=1S/C19H21N3O6/c1-12(28-13-7-5-4-6-8-13)17(23)21-22-19(25)18(24)20-15-10-9-14(26-2)11-16(15)27-3/h4-12H,1-3H3,(H,20,24)(H,21,23)(H,22,25). The minimum absolute atomic E-state index is 0.274. The average Bonchev–Trinajstić information content (AvgIpc) is 2.72. The van der Waals surface area contributed by atoms with Crippen molar-refractivity contribution in [2.24, 2.45) is 0 Å². The van der Waals surface area contributed by atoms with Crippen LogP contribution in [0.25, 0.3) is 0 Å². The number of rotatable bonds is 6. The second-order valence-electron chi connectivity index (χ2n) is 5.54. The fourth-order valence-electron chi connectivity index (χ4n) is 2.11. The normalized spacial score (nSPS) is 11.0. The molecule has 0 saturated carbocycles. The van der Waals surface area contributed by atoms with Gasteiger partial charge in [-0.3, -0.25) is 25.2 Å². The van der Waals surface area contributed by atoms with Crippen LogP contribution >= 0.6 is 0 Å². The first-order chi connectivity index (χ1) is 13.4. The Morgan fingerprint density at radius 3 is 2.21 bits per heavy atom. The van der Waals surface area contributed by atoms with Gasteiger partial charge < -0.3 is 19.5 Å². The van der Waals surface area contributed by atoms with E-state index in [9.17, 15) is 14.4 Å². The average molecular weight is 387 g/mol. The van der Waals surface area contributed by atoms with Gasteiger partial charge in [-0.25, -0.2) is 0 Å². The van der Waals surface area contributed by atoms with E-state index in [1.54, 1.807) is 36.4 Å². The van der Waals surface area contributed by atoms with Crippen molar-refractivity contribution in [1.82, 2.24) is 10.9 Å². The minimum atomic E-state index is -1.06. The van der Waals surface area contributed by atoms with Crippen LogP contribution in [0.15, 0.2) is 48.5 Å². The Balaban J connectivity index is 1.87. The van der Waals surface area contributed by atoms with E-state index in [1.165, 1.54) is 27.2 Å². The molecule has 0 aliphatic carbocycles. The van der Waals surface area contributed by atoms with Crippen molar-refractivity contribution in [1.29, 1.82) is 0 Å². The molecule has 0 fully saturated rings. The zero-order chi connectivity index (χ0) is 20.5. The molecule has 1 atom stereocenters. The highest BCUT2D eigenvalue weighted by molar-refractivity contribution is 6.39. The molecule has 9 nitrogen and oxygen atoms in total. The smallest absolute Gasteiger partial charge is 0.328 e. The van der Waals surface area contributed by atoms with Gasteiger partial charge in [0.2, 0.25) is 0 Å². The number of benzene rings is 2. The number of hydrazine groups is 1. The van der Waals surface area contributed by atoms with E-state index >= 15 is 0 Å². The summed E-state index contributed by atoms with van der Waals surface area (Å²) in [6.45, 7) is 1.51. The third-order valence-corrected chi connectivity index (χ3v) is 3.59. The molecule has 0 heterocycles. The molecule has 0 aliphatic heterocycles. The maximum atomic E-state index is 12.0. The lowest BCUT2D eigenvalue weighted by molar-refractivity contribution is -0.139. The first-order valence-corrected chi connectivity index (χ1v) is 8.29. The molecule has 3 amide bonds. The Morgan fingerprint density at radius 2 is 1.57 bits per heavy atom. The largest absolute Gasteiger partial charge is 0.497 e. The number of nitrogens with one attached hydrogen (secondary N) is 3. The lowest BCUT2D eigenvalue weighted by atomic mass is 10.2. The second kappa shape index (κ2) is 9.81. The number of methoxy groups -OCH3 is 2. The zero-order valence-corrected chi connectivity index (χ0v) is 15.6. The summed E-state index contributed by atoms with van der Waals surface area (Å²) in [5, 5.41) is 2.39. The quantitative estimate of drug-likeness (QED) is 0.508. The van der Waals surface area contributed by atoms with Crippen LogP contribution in [0, 0.1) is 0 Å². The summed E-state index contributed by atoms with van der Waals surface area (Å²) in [4.78, 5) is 35.9. The van der Waals surface area contributed by atoms with Crippen molar-refractivity contribution in [2.75, 3.05) is 19.5 Å². The molecule has 0 bridgehead atoms. The van der Waals surface area contributed by atoms with Crippen LogP contribution < -0.4 is 30.4 Å². The summed E-state index contributed by atoms with van der Waals surface area (Å²) < 4.78 is 15.6. The van der Waals surface area contributed by atoms with E-state index in [4.69, 9.17) is 14.2 Å². The third-order valence-electron chi connectivity index (χ3n) is 3.59. The van der Waals surface area contributed by atoms with Crippen molar-refractivity contribution in [3.63, 3.8) is 0 Å². The number of ether oxygens (including phenoxy) is 3. The summed E-state index contributed by atoms with van der Waals surface area (Å²) in [5.74, 6) is -1.32. The molecule has 0 saturated heterocycles. The van der Waals surface area contributed by atoms with Crippen molar-refractivity contribution in [3.8, 4) is 17.2 Å². The lowest BCUT2D eigenvalue weighted by Crippen LogP contribution is -2.50. The van der Waals surface area contributed by atoms with E-state index in [2.05, 4.69) is 10.7 Å². The van der Waals surface area contributed by atoms with Gasteiger partial charge in [0.25, 0.3) is 5.91 Å². The maximum Gasteiger partial charge on any atom is 0.328 e. The van der Waals surface area contributed by atoms with Crippen molar-refractivity contribution >= 4 is 23.4 Å². The first kappa shape index (κ1) is 20.6. The predicted molar refractivity (Wildman–Crippen MR) is 101 cm³/mol. The molecular weight excluding hydrogens is 366 g/mol. The molecule has 2 aromatic rings. The van der Waals surface area contributed by atoms with E-state index in [-0.39, 0.29) is 5.69 Å². The number of hydrogen-bond donors (Lipinski definition) is 3. The summed E-state index contributed by atoms with van der Waals surface area (Å²) in [6.07, 6.45) is -0.882. The Morgan fingerprint density at radius 1 is 0.857 bits per heavy atom. The molecule has 0 radical (unpaired) electrons. The maximum absolute atomic E-state index is 12.0. The Labute approximate surface area is 161 Å². The van der Waals surface area contributed by atoms with Gasteiger partial charge >= 0.3 is 11.8 Å². The SMILES string of the molecule is COc1ccc(NC(=O)C(=O)NNC(=O)C(C)Oc2ccccc2)c(OC)c1. The molecule has 0 spiro atoms. The fourth-order valence-corrected chi connectivity index (χ4v) is 2.11. The van der Waals surface area contributed by atoms with E-state index < -0.39 is 23.8 Å². The Kier molecular flexibility index (Phi) is 7.21. The van der Waals surface area contributed by atoms with E-state index in [0.29, 0.717) is 17.2 Å². The van der Waals surface area contributed by atoms with E-state index in [0.717, 1.165) is 0 Å². The summed E-state index contributed by atoms with van der Waals surface area (Å²) in [5.41, 5.74) is 4.45. The van der Waals surface area contributed by atoms with Crippen LogP contribution in [-0.2, 0) is 14.4 Å². The molecule has 28 heavy (non-hydrogen) atoms. The molecular formula is C19H21N3O6. The van der Waals surface area contributed by atoms with Crippen LogP contribution in [0.4, 0.5) is 5.69 Å². The monoisotopic (exact) mass is 387 g/mol. The Hall–Kier alpha value is -3.75. The number of carbonyl (C=O) groups excluding carboxylic acids is 3. The van der Waals surface area contributed by atoms with Gasteiger partial charge in [0.05, 0.1) is 19.9 Å². The third kappa shape index (κ3) is 5.63. The van der Waals surface area contributed by atoms with Crippen LogP contribution in [0.2, 0.25) is 0 Å². The van der Waals surface area contributed by atoms with Gasteiger partial charge in [-0.1, -0.05) is 18.2 Å². The topological polar surface area (TPSA) is 115 Å². The highest BCUT2D eigenvalue weighted by atomic mass is 16.5. The summed E-state index contributed by atoms with van der Waals surface area (Å²) >= 11 is 0. The van der Waals surface area contributed by atoms with E-state index in [1.807, 2.05) is 11.5 Å². The molecule has 2 aromatic carbocycles. The summed E-state index contributed by atoms with van der Waals surface area (Å²) in [6, 6.07) is 13.4. The number of hydrogen-bond acceptors (Lipinski definition) is 6. The van der Waals surface area contributed by atoms with Crippen molar-refractivity contribution in [3.05, 3.63) is 48.5 Å². The second-order valence-corrected chi connectivity index (χ2v) is 5.54. The number of anilines is 1. The van der Waals surface area contributed by atoms with Gasteiger partial charge in [0, 0.05) is 6.07 Å². The van der Waals surface area contributed by atoms with Crippen molar-refractivity contribution < 1.29 is 28.6 Å². The van der Waals surface area contributed by atoms with Crippen LogP contribution in [-0.4, -0.2) is 38.0 Å². The number of amides is 3. The molecule has 0 aromatic heterocycles. The van der Waals surface area contributed by atoms with Gasteiger partial charge in [-0.2, -0.15) is 0 Å². The fraction of sp³-hybridized carbons (Fsp3) is 0.211. The molecule has 3 N–H and O–H groups in total. The van der Waals surface area contributed by atoms with Crippen molar-refractivity contribution in [2.45, 2.75) is 13.0 Å². The van der Waals surface area contributed by atoms with Gasteiger partial charge in [-0.15, -0.1) is 0 Å². The molecule has 1 unspecified atom stereocenters. The van der Waals surface area contributed by atoms with Gasteiger partial charge in [0.1, 0.15) is 17.2 Å². The highest BCUT2D eigenvalue weighted by Gasteiger charge is 2.19. The highest BCUT2D eigenvalue weighted by Crippen LogP contribution is 2.28. The number of carbonyl (C=O) groups is 3. The van der Waals surface area contributed by atoms with Crippen LogP contribution in [0.5, 0.6) is 17.2 Å². The van der Waals surface area contributed by atoms with Crippen LogP contribution in [0.3, 0.4) is 0 Å². The Bertz CT molecular complexity index is 841. The predicted octanol–water partition coefficient (Wildman–Crippen LogP) is 1.26.